The molecule has 0 bridgehead atoms. The molecule has 7 heteroatoms. The maximum atomic E-state index is 12.4. The number of hydrogen-bond donors (Lipinski definition) is 2. The van der Waals surface area contributed by atoms with Crippen LogP contribution in [0.2, 0.25) is 5.02 Å². The van der Waals surface area contributed by atoms with E-state index in [0.29, 0.717) is 22.4 Å². The Morgan fingerprint density at radius 1 is 1.11 bits per heavy atom. The van der Waals surface area contributed by atoms with E-state index in [9.17, 15) is 9.90 Å². The van der Waals surface area contributed by atoms with Gasteiger partial charge in [0.25, 0.3) is 0 Å². The number of imidazole rings is 1. The molecule has 2 N–H and O–H groups in total. The Balaban J connectivity index is 1.61. The van der Waals surface area contributed by atoms with Gasteiger partial charge in [-0.3, -0.25) is 4.79 Å². The summed E-state index contributed by atoms with van der Waals surface area (Å²) in [6, 6.07) is 17.4. The van der Waals surface area contributed by atoms with E-state index in [0.717, 1.165) is 11.3 Å². The van der Waals surface area contributed by atoms with Crippen LogP contribution in [0.25, 0.3) is 0 Å². The zero-order valence-corrected chi connectivity index (χ0v) is 16.2. The molecule has 27 heavy (non-hydrogen) atoms. The van der Waals surface area contributed by atoms with Gasteiger partial charge in [0.1, 0.15) is 6.54 Å². The van der Waals surface area contributed by atoms with Crippen LogP contribution in [0.1, 0.15) is 16.8 Å². The number of aromatic nitrogens is 2. The first-order valence-electron chi connectivity index (χ1n) is 8.49. The van der Waals surface area contributed by atoms with Crippen molar-refractivity contribution in [3.8, 4) is 0 Å². The smallest absolute Gasteiger partial charge is 0.240 e. The van der Waals surface area contributed by atoms with Crippen LogP contribution in [-0.4, -0.2) is 20.6 Å². The van der Waals surface area contributed by atoms with Gasteiger partial charge < -0.3 is 15.0 Å². The molecule has 5 nitrogen and oxygen atoms in total. The molecule has 0 saturated carbocycles. The molecule has 0 radical (unpaired) electrons. The number of nitrogens with zero attached hydrogens (tertiary/aromatic N) is 2. The van der Waals surface area contributed by atoms with Crippen LogP contribution in [0.4, 0.5) is 0 Å². The molecule has 0 aliphatic heterocycles. The molecule has 0 saturated heterocycles. The van der Waals surface area contributed by atoms with Crippen molar-refractivity contribution in [2.75, 3.05) is 0 Å². The zero-order chi connectivity index (χ0) is 19.1. The number of hydrogen-bond acceptors (Lipinski definition) is 4. The summed E-state index contributed by atoms with van der Waals surface area (Å²) in [5.74, 6) is 0.606. The van der Waals surface area contributed by atoms with Crippen molar-refractivity contribution in [3.63, 3.8) is 0 Å². The molecule has 140 valence electrons. The van der Waals surface area contributed by atoms with Crippen LogP contribution in [0.3, 0.4) is 0 Å². The van der Waals surface area contributed by atoms with Gasteiger partial charge in [-0.2, -0.15) is 0 Å². The number of aliphatic hydroxyl groups excluding tert-OH is 1. The first kappa shape index (κ1) is 19.5. The lowest BCUT2D eigenvalue weighted by atomic mass is 10.2. The van der Waals surface area contributed by atoms with Gasteiger partial charge >= 0.3 is 0 Å². The fourth-order valence-corrected chi connectivity index (χ4v) is 3.61. The number of nitrogens with one attached hydrogen (secondary N) is 1. The van der Waals surface area contributed by atoms with E-state index in [4.69, 9.17) is 11.6 Å². The Kier molecular flexibility index (Phi) is 6.92. The van der Waals surface area contributed by atoms with Gasteiger partial charge in [-0.15, -0.1) is 0 Å². The predicted molar refractivity (Wildman–Crippen MR) is 107 cm³/mol. The third-order valence-electron chi connectivity index (χ3n) is 3.98. The monoisotopic (exact) mass is 401 g/mol. The highest BCUT2D eigenvalue weighted by Crippen LogP contribution is 2.23. The fourth-order valence-electron chi connectivity index (χ4n) is 2.53. The van der Waals surface area contributed by atoms with Gasteiger partial charge in [0.15, 0.2) is 5.16 Å². The number of carbonyl (C=O) groups excluding carboxylic acids is 1. The highest BCUT2D eigenvalue weighted by molar-refractivity contribution is 7.98. The van der Waals surface area contributed by atoms with Crippen molar-refractivity contribution in [3.05, 3.63) is 82.6 Å². The van der Waals surface area contributed by atoms with Gasteiger partial charge in [-0.25, -0.2) is 4.98 Å². The summed E-state index contributed by atoms with van der Waals surface area (Å²) in [6.07, 6.45) is 1.61. The second kappa shape index (κ2) is 9.60. The molecule has 0 aliphatic rings. The summed E-state index contributed by atoms with van der Waals surface area (Å²) < 4.78 is 1.75. The maximum absolute atomic E-state index is 12.4. The highest BCUT2D eigenvalue weighted by Gasteiger charge is 2.13. The normalized spacial score (nSPS) is 10.7. The fraction of sp³-hybridized carbons (Fsp3) is 0.200. The first-order valence-corrected chi connectivity index (χ1v) is 9.85. The molecule has 1 heterocycles. The van der Waals surface area contributed by atoms with Crippen LogP contribution in [0.15, 0.2) is 66.0 Å². The average Bonchev–Trinajstić information content (AvgIpc) is 3.08. The molecule has 2 aromatic carbocycles. The molecule has 3 aromatic rings. The van der Waals surface area contributed by atoms with Crippen molar-refractivity contribution in [2.24, 2.45) is 0 Å². The quantitative estimate of drug-likeness (QED) is 0.565. The molecule has 0 aliphatic carbocycles. The summed E-state index contributed by atoms with van der Waals surface area (Å²) >= 11 is 7.41. The number of carbonyl (C=O) groups is 1. The first-order chi connectivity index (χ1) is 13.2. The highest BCUT2D eigenvalue weighted by atomic mass is 35.5. The van der Waals surface area contributed by atoms with Crippen molar-refractivity contribution in [1.82, 2.24) is 14.9 Å². The van der Waals surface area contributed by atoms with Gasteiger partial charge in [-0.05, 0) is 23.3 Å². The van der Waals surface area contributed by atoms with Gasteiger partial charge in [-0.1, -0.05) is 65.8 Å². The molecule has 3 rings (SSSR count). The molecule has 0 fully saturated rings. The largest absolute Gasteiger partial charge is 0.390 e. The second-order valence-corrected chi connectivity index (χ2v) is 7.33. The SMILES string of the molecule is O=C(Cn1c(CO)cnc1SCc1ccccc1)NCc1ccc(Cl)cc1. The number of amides is 1. The molecule has 1 amide bonds. The molecular weight excluding hydrogens is 382 g/mol. The van der Waals surface area contributed by atoms with E-state index in [1.807, 2.05) is 42.5 Å². The van der Waals surface area contributed by atoms with Crippen molar-refractivity contribution < 1.29 is 9.90 Å². The summed E-state index contributed by atoms with van der Waals surface area (Å²) in [5.41, 5.74) is 2.77. The Labute approximate surface area is 167 Å². The van der Waals surface area contributed by atoms with Crippen LogP contribution >= 0.6 is 23.4 Å². The van der Waals surface area contributed by atoms with Crippen molar-refractivity contribution >= 4 is 29.3 Å². The molecule has 0 atom stereocenters. The molecule has 0 unspecified atom stereocenters. The minimum absolute atomic E-state index is 0.112. The van der Waals surface area contributed by atoms with E-state index in [1.54, 1.807) is 34.7 Å². The Morgan fingerprint density at radius 2 is 1.85 bits per heavy atom. The lowest BCUT2D eigenvalue weighted by Gasteiger charge is -2.11. The summed E-state index contributed by atoms with van der Waals surface area (Å²) in [6.45, 7) is 0.371. The lowest BCUT2D eigenvalue weighted by molar-refractivity contribution is -0.122. The minimum Gasteiger partial charge on any atom is -0.390 e. The third-order valence-corrected chi connectivity index (χ3v) is 5.29. The number of aliphatic hydroxyl groups is 1. The number of thioether (sulfide) groups is 1. The van der Waals surface area contributed by atoms with Crippen LogP contribution < -0.4 is 5.32 Å². The van der Waals surface area contributed by atoms with E-state index in [-0.39, 0.29) is 19.1 Å². The number of rotatable bonds is 8. The summed E-state index contributed by atoms with van der Waals surface area (Å²) in [5, 5.41) is 13.8. The maximum Gasteiger partial charge on any atom is 0.240 e. The van der Waals surface area contributed by atoms with E-state index in [1.165, 1.54) is 5.56 Å². The Hall–Kier alpha value is -2.28. The third kappa shape index (κ3) is 5.60. The van der Waals surface area contributed by atoms with Crippen LogP contribution in [-0.2, 0) is 30.2 Å². The predicted octanol–water partition coefficient (Wildman–Crippen LogP) is 3.64. The van der Waals surface area contributed by atoms with Gasteiger partial charge in [0.2, 0.25) is 5.91 Å². The molecule has 0 spiro atoms. The second-order valence-electron chi connectivity index (χ2n) is 5.95. The molecular formula is C20H20ClN3O2S. The van der Waals surface area contributed by atoms with E-state index >= 15 is 0 Å². The van der Waals surface area contributed by atoms with Crippen LogP contribution in [0, 0.1) is 0 Å². The Morgan fingerprint density at radius 3 is 2.56 bits per heavy atom. The zero-order valence-electron chi connectivity index (χ0n) is 14.6. The van der Waals surface area contributed by atoms with Gasteiger partial charge in [0, 0.05) is 17.3 Å². The summed E-state index contributed by atoms with van der Waals surface area (Å²) in [7, 11) is 0. The average molecular weight is 402 g/mol. The number of halogens is 1. The van der Waals surface area contributed by atoms with Crippen LogP contribution in [0.5, 0.6) is 0 Å². The van der Waals surface area contributed by atoms with Crippen molar-refractivity contribution in [2.45, 2.75) is 30.6 Å². The van der Waals surface area contributed by atoms with Gasteiger partial charge in [0.05, 0.1) is 18.5 Å². The molecule has 1 aromatic heterocycles. The lowest BCUT2D eigenvalue weighted by Crippen LogP contribution is -2.28. The standard InChI is InChI=1S/C20H20ClN3O2S/c21-17-8-6-15(7-9-17)10-22-19(26)12-24-18(13-25)11-23-20(24)27-14-16-4-2-1-3-5-16/h1-9,11,25H,10,12-14H2,(H,22,26). The minimum atomic E-state index is -0.163. The van der Waals surface area contributed by atoms with E-state index < -0.39 is 0 Å². The van der Waals surface area contributed by atoms with E-state index in [2.05, 4.69) is 10.3 Å². The van der Waals surface area contributed by atoms with Crippen molar-refractivity contribution in [1.29, 1.82) is 0 Å². The topological polar surface area (TPSA) is 67.2 Å². The Bertz CT molecular complexity index is 882. The summed E-state index contributed by atoms with van der Waals surface area (Å²) in [4.78, 5) is 16.7. The number of benzene rings is 2.